The number of hydrogen-bond acceptors (Lipinski definition) is 3. The third kappa shape index (κ3) is 2.95. The summed E-state index contributed by atoms with van der Waals surface area (Å²) in [6, 6.07) is 0. The van der Waals surface area contributed by atoms with Gasteiger partial charge in [0.25, 0.3) is 0 Å². The minimum atomic E-state index is -0.744. The Hall–Kier alpha value is -0.0900. The van der Waals surface area contributed by atoms with E-state index in [2.05, 4.69) is 11.9 Å². The van der Waals surface area contributed by atoms with Crippen LogP contribution in [-0.4, -0.2) is 36.5 Å². The molecular weight excluding hydrogens is 190 g/mol. The van der Waals surface area contributed by atoms with Gasteiger partial charge in [-0.2, -0.15) is 0 Å². The highest BCUT2D eigenvalue weighted by Crippen LogP contribution is 2.24. The summed E-state index contributed by atoms with van der Waals surface area (Å²) >= 11 is 5.58. The van der Waals surface area contributed by atoms with Crippen LogP contribution < -0.4 is 5.32 Å². The second kappa shape index (κ2) is 4.42. The Morgan fingerprint density at radius 3 is 3.00 bits per heavy atom. The van der Waals surface area contributed by atoms with Gasteiger partial charge < -0.3 is 15.2 Å². The highest BCUT2D eigenvalue weighted by molar-refractivity contribution is 6.29. The van der Waals surface area contributed by atoms with E-state index < -0.39 is 5.60 Å². The minimum Gasteiger partial charge on any atom is -0.386 e. The van der Waals surface area contributed by atoms with Gasteiger partial charge in [0.15, 0.2) is 0 Å². The summed E-state index contributed by atoms with van der Waals surface area (Å²) in [5.74, 6) is 0. The van der Waals surface area contributed by atoms with E-state index >= 15 is 0 Å². The van der Waals surface area contributed by atoms with E-state index in [0.717, 1.165) is 0 Å². The molecule has 1 saturated heterocycles. The number of halogens is 1. The first-order valence-corrected chi connectivity index (χ1v) is 4.80. The predicted octanol–water partition coefficient (Wildman–Crippen LogP) is 0.868. The van der Waals surface area contributed by atoms with Crippen molar-refractivity contribution in [3.63, 3.8) is 0 Å². The summed E-state index contributed by atoms with van der Waals surface area (Å²) in [6.07, 6.45) is 0.569. The van der Waals surface area contributed by atoms with Crippen LogP contribution in [0.15, 0.2) is 11.6 Å². The fraction of sp³-hybridized carbons (Fsp3) is 0.778. The van der Waals surface area contributed by atoms with Crippen LogP contribution in [0.3, 0.4) is 0 Å². The smallest absolute Gasteiger partial charge is 0.105 e. The van der Waals surface area contributed by atoms with Gasteiger partial charge in [-0.15, -0.1) is 0 Å². The van der Waals surface area contributed by atoms with Gasteiger partial charge in [-0.25, -0.2) is 0 Å². The topological polar surface area (TPSA) is 41.5 Å². The molecule has 0 aromatic carbocycles. The standard InChI is InChI=1S/C9H16ClNO2/c1-7(10)5-11-6-9(12)3-4-13-8(9)2/h8,11-12H,1,3-6H2,2H3. The molecule has 1 fully saturated rings. The molecule has 0 aromatic rings. The first-order valence-electron chi connectivity index (χ1n) is 4.42. The predicted molar refractivity (Wildman–Crippen MR) is 52.8 cm³/mol. The monoisotopic (exact) mass is 205 g/mol. The van der Waals surface area contributed by atoms with E-state index in [1.807, 2.05) is 6.92 Å². The van der Waals surface area contributed by atoms with Crippen molar-refractivity contribution in [1.82, 2.24) is 5.32 Å². The molecule has 0 saturated carbocycles. The lowest BCUT2D eigenvalue weighted by atomic mass is 9.97. The van der Waals surface area contributed by atoms with Gasteiger partial charge in [0.1, 0.15) is 5.60 Å². The maximum atomic E-state index is 10.0. The summed E-state index contributed by atoms with van der Waals surface area (Å²) < 4.78 is 5.28. The molecule has 2 unspecified atom stereocenters. The summed E-state index contributed by atoms with van der Waals surface area (Å²) in [5, 5.41) is 13.6. The van der Waals surface area contributed by atoms with Crippen LogP contribution >= 0.6 is 11.6 Å². The van der Waals surface area contributed by atoms with Gasteiger partial charge in [-0.05, 0) is 6.92 Å². The highest BCUT2D eigenvalue weighted by atomic mass is 35.5. The minimum absolute atomic E-state index is 0.108. The number of nitrogens with one attached hydrogen (secondary N) is 1. The molecule has 1 rings (SSSR count). The number of rotatable bonds is 4. The number of aliphatic hydroxyl groups is 1. The lowest BCUT2D eigenvalue weighted by Gasteiger charge is -2.26. The molecule has 2 N–H and O–H groups in total. The van der Waals surface area contributed by atoms with Crippen molar-refractivity contribution in [3.05, 3.63) is 11.6 Å². The molecule has 0 radical (unpaired) electrons. The van der Waals surface area contributed by atoms with Crippen molar-refractivity contribution in [2.24, 2.45) is 0 Å². The molecule has 2 atom stereocenters. The molecule has 3 nitrogen and oxygen atoms in total. The van der Waals surface area contributed by atoms with Crippen molar-refractivity contribution in [2.45, 2.75) is 25.0 Å². The maximum Gasteiger partial charge on any atom is 0.105 e. The normalized spacial score (nSPS) is 33.6. The molecule has 13 heavy (non-hydrogen) atoms. The molecule has 0 amide bonds. The van der Waals surface area contributed by atoms with E-state index in [4.69, 9.17) is 16.3 Å². The Kier molecular flexibility index (Phi) is 3.74. The molecule has 76 valence electrons. The third-order valence-corrected chi connectivity index (χ3v) is 2.54. The van der Waals surface area contributed by atoms with Crippen LogP contribution in [-0.2, 0) is 4.74 Å². The zero-order chi connectivity index (χ0) is 9.90. The molecule has 1 aliphatic heterocycles. The zero-order valence-corrected chi connectivity index (χ0v) is 8.60. The van der Waals surface area contributed by atoms with Crippen molar-refractivity contribution >= 4 is 11.6 Å². The first kappa shape index (κ1) is 11.0. The Labute approximate surface area is 83.7 Å². The summed E-state index contributed by atoms with van der Waals surface area (Å²) in [5.41, 5.74) is -0.744. The fourth-order valence-electron chi connectivity index (χ4n) is 1.42. The Balaban J connectivity index is 2.30. The van der Waals surface area contributed by atoms with Crippen LogP contribution in [0.25, 0.3) is 0 Å². The highest BCUT2D eigenvalue weighted by Gasteiger charge is 2.38. The van der Waals surface area contributed by atoms with Crippen molar-refractivity contribution < 1.29 is 9.84 Å². The van der Waals surface area contributed by atoms with E-state index in [1.165, 1.54) is 0 Å². The number of hydrogen-bond donors (Lipinski definition) is 2. The molecule has 0 spiro atoms. The Morgan fingerprint density at radius 2 is 2.54 bits per heavy atom. The molecule has 0 aliphatic carbocycles. The van der Waals surface area contributed by atoms with Crippen molar-refractivity contribution in [1.29, 1.82) is 0 Å². The molecule has 0 aromatic heterocycles. The molecule has 0 bridgehead atoms. The van der Waals surface area contributed by atoms with Crippen LogP contribution in [0.4, 0.5) is 0 Å². The van der Waals surface area contributed by atoms with Gasteiger partial charge in [0.05, 0.1) is 6.10 Å². The average Bonchev–Trinajstić information content (AvgIpc) is 2.32. The van der Waals surface area contributed by atoms with Gasteiger partial charge in [-0.3, -0.25) is 0 Å². The van der Waals surface area contributed by atoms with E-state index in [9.17, 15) is 5.11 Å². The molecular formula is C9H16ClNO2. The first-order chi connectivity index (χ1) is 6.04. The zero-order valence-electron chi connectivity index (χ0n) is 7.85. The average molecular weight is 206 g/mol. The van der Waals surface area contributed by atoms with Crippen LogP contribution in [0, 0.1) is 0 Å². The third-order valence-electron chi connectivity index (χ3n) is 2.41. The Bertz CT molecular complexity index is 198. The largest absolute Gasteiger partial charge is 0.386 e. The van der Waals surface area contributed by atoms with Crippen molar-refractivity contribution in [3.8, 4) is 0 Å². The van der Waals surface area contributed by atoms with Crippen LogP contribution in [0.2, 0.25) is 0 Å². The summed E-state index contributed by atoms with van der Waals surface area (Å²) in [7, 11) is 0. The molecule has 1 heterocycles. The molecule has 4 heteroatoms. The maximum absolute atomic E-state index is 10.0. The van der Waals surface area contributed by atoms with Crippen LogP contribution in [0.5, 0.6) is 0 Å². The van der Waals surface area contributed by atoms with Gasteiger partial charge in [0.2, 0.25) is 0 Å². The SMILES string of the molecule is C=C(Cl)CNCC1(O)CCOC1C. The van der Waals surface area contributed by atoms with Gasteiger partial charge in [0, 0.05) is 31.1 Å². The lowest BCUT2D eigenvalue weighted by molar-refractivity contribution is -0.0255. The van der Waals surface area contributed by atoms with E-state index in [-0.39, 0.29) is 6.10 Å². The lowest BCUT2D eigenvalue weighted by Crippen LogP contribution is -2.46. The second-order valence-corrected chi connectivity index (χ2v) is 4.02. The quantitative estimate of drug-likeness (QED) is 0.716. The van der Waals surface area contributed by atoms with Crippen LogP contribution in [0.1, 0.15) is 13.3 Å². The van der Waals surface area contributed by atoms with Gasteiger partial charge in [-0.1, -0.05) is 18.2 Å². The second-order valence-electron chi connectivity index (χ2n) is 3.49. The molecule has 1 aliphatic rings. The van der Waals surface area contributed by atoms with E-state index in [0.29, 0.717) is 31.1 Å². The summed E-state index contributed by atoms with van der Waals surface area (Å²) in [6.45, 7) is 7.08. The van der Waals surface area contributed by atoms with Crippen molar-refractivity contribution in [2.75, 3.05) is 19.7 Å². The summed E-state index contributed by atoms with van der Waals surface area (Å²) in [4.78, 5) is 0. The van der Waals surface area contributed by atoms with E-state index in [1.54, 1.807) is 0 Å². The number of ether oxygens (including phenoxy) is 1. The fourth-order valence-corrected chi connectivity index (χ4v) is 1.51. The Morgan fingerprint density at radius 1 is 1.85 bits per heavy atom. The van der Waals surface area contributed by atoms with Gasteiger partial charge >= 0.3 is 0 Å².